The maximum absolute atomic E-state index is 11.9. The number of ether oxygens (including phenoxy) is 2. The van der Waals surface area contributed by atoms with Crippen LogP contribution in [0.4, 0.5) is 0 Å². The van der Waals surface area contributed by atoms with Gasteiger partial charge in [-0.15, -0.1) is 0 Å². The van der Waals surface area contributed by atoms with Crippen molar-refractivity contribution in [3.8, 4) is 5.75 Å². The van der Waals surface area contributed by atoms with Crippen LogP contribution in [0.5, 0.6) is 5.75 Å². The van der Waals surface area contributed by atoms with Crippen molar-refractivity contribution in [2.24, 2.45) is 10.4 Å². The third-order valence-corrected chi connectivity index (χ3v) is 4.03. The van der Waals surface area contributed by atoms with Gasteiger partial charge in [-0.2, -0.15) is 0 Å². The van der Waals surface area contributed by atoms with Crippen molar-refractivity contribution in [1.29, 1.82) is 0 Å². The highest BCUT2D eigenvalue weighted by molar-refractivity contribution is 5.81. The topological polar surface area (TPSA) is 84.0 Å². The first kappa shape index (κ1) is 23.8. The van der Waals surface area contributed by atoms with Gasteiger partial charge >= 0.3 is 0 Å². The normalized spacial score (nSPS) is 11.9. The van der Waals surface area contributed by atoms with Crippen molar-refractivity contribution in [3.05, 3.63) is 29.3 Å². The Labute approximate surface area is 169 Å². The monoisotopic (exact) mass is 392 g/mol. The number of hydrogen-bond acceptors (Lipinski definition) is 4. The lowest BCUT2D eigenvalue weighted by Gasteiger charge is -2.18. The second kappa shape index (κ2) is 12.2. The second-order valence-electron chi connectivity index (χ2n) is 7.66. The van der Waals surface area contributed by atoms with Crippen molar-refractivity contribution in [2.45, 2.75) is 40.7 Å². The van der Waals surface area contributed by atoms with Gasteiger partial charge in [-0.1, -0.05) is 32.9 Å². The molecule has 1 amide bonds. The van der Waals surface area contributed by atoms with E-state index in [0.717, 1.165) is 23.3 Å². The number of benzene rings is 1. The van der Waals surface area contributed by atoms with E-state index in [9.17, 15) is 4.79 Å². The van der Waals surface area contributed by atoms with Crippen LogP contribution in [0, 0.1) is 12.3 Å². The molecule has 0 saturated carbocycles. The zero-order valence-corrected chi connectivity index (χ0v) is 18.1. The van der Waals surface area contributed by atoms with Gasteiger partial charge in [0.1, 0.15) is 5.75 Å². The van der Waals surface area contributed by atoms with E-state index in [0.29, 0.717) is 38.8 Å². The number of amides is 1. The number of rotatable bonds is 10. The van der Waals surface area contributed by atoms with Gasteiger partial charge in [0, 0.05) is 57.8 Å². The third kappa shape index (κ3) is 9.08. The van der Waals surface area contributed by atoms with Crippen molar-refractivity contribution in [2.75, 3.05) is 40.5 Å². The summed E-state index contributed by atoms with van der Waals surface area (Å²) in [7, 11) is 3.41. The minimum atomic E-state index is -0.384. The average Bonchev–Trinajstić information content (AvgIpc) is 2.64. The molecule has 28 heavy (non-hydrogen) atoms. The van der Waals surface area contributed by atoms with E-state index >= 15 is 0 Å². The van der Waals surface area contributed by atoms with Gasteiger partial charge in [-0.25, -0.2) is 0 Å². The number of hydrogen-bond donors (Lipinski definition) is 3. The fourth-order valence-electron chi connectivity index (χ4n) is 2.35. The lowest BCUT2D eigenvalue weighted by molar-refractivity contribution is -0.128. The first-order valence-corrected chi connectivity index (χ1v) is 9.72. The third-order valence-electron chi connectivity index (χ3n) is 4.03. The fraction of sp³-hybridized carbons (Fsp3) is 0.619. The molecule has 0 radical (unpaired) electrons. The molecule has 0 heterocycles. The highest BCUT2D eigenvalue weighted by Crippen LogP contribution is 2.20. The highest BCUT2D eigenvalue weighted by atomic mass is 16.5. The quantitative estimate of drug-likeness (QED) is 0.323. The molecule has 0 atom stereocenters. The second-order valence-corrected chi connectivity index (χ2v) is 7.66. The lowest BCUT2D eigenvalue weighted by Crippen LogP contribution is -2.43. The number of aliphatic imine (C=N–C) groups is 1. The van der Waals surface area contributed by atoms with Gasteiger partial charge in [0.25, 0.3) is 0 Å². The van der Waals surface area contributed by atoms with Crippen LogP contribution in [0.3, 0.4) is 0 Å². The molecule has 0 fully saturated rings. The molecule has 0 spiro atoms. The first-order valence-electron chi connectivity index (χ1n) is 9.72. The molecule has 0 aliphatic rings. The number of nitrogens with one attached hydrogen (secondary N) is 3. The molecule has 0 saturated heterocycles. The Morgan fingerprint density at radius 3 is 2.46 bits per heavy atom. The maximum Gasteiger partial charge on any atom is 0.225 e. The van der Waals surface area contributed by atoms with Crippen LogP contribution in [-0.4, -0.2) is 52.3 Å². The number of aryl methyl sites for hydroxylation is 1. The SMILES string of the molecule is CN=C(NCCNC(=O)C(C)(C)C)NCc1ccc(C)cc1OCCCOC. The summed E-state index contributed by atoms with van der Waals surface area (Å²) in [6.45, 7) is 10.8. The number of carbonyl (C=O) groups is 1. The van der Waals surface area contributed by atoms with Crippen molar-refractivity contribution >= 4 is 11.9 Å². The molecule has 3 N–H and O–H groups in total. The zero-order chi connectivity index (χ0) is 21.0. The molecular formula is C21H36N4O3. The fourth-order valence-corrected chi connectivity index (χ4v) is 2.35. The molecule has 158 valence electrons. The Balaban J connectivity index is 2.49. The number of methoxy groups -OCH3 is 1. The summed E-state index contributed by atoms with van der Waals surface area (Å²) >= 11 is 0. The smallest absolute Gasteiger partial charge is 0.225 e. The highest BCUT2D eigenvalue weighted by Gasteiger charge is 2.20. The van der Waals surface area contributed by atoms with Gasteiger partial charge < -0.3 is 25.4 Å². The lowest BCUT2D eigenvalue weighted by atomic mass is 9.96. The predicted molar refractivity (Wildman–Crippen MR) is 114 cm³/mol. The summed E-state index contributed by atoms with van der Waals surface area (Å²) in [5, 5.41) is 9.40. The molecule has 1 rings (SSSR count). The van der Waals surface area contributed by atoms with E-state index in [4.69, 9.17) is 9.47 Å². The van der Waals surface area contributed by atoms with E-state index < -0.39 is 0 Å². The summed E-state index contributed by atoms with van der Waals surface area (Å²) in [5.41, 5.74) is 1.83. The molecule has 7 heteroatoms. The molecule has 0 aliphatic carbocycles. The van der Waals surface area contributed by atoms with Gasteiger partial charge in [-0.3, -0.25) is 9.79 Å². The van der Waals surface area contributed by atoms with Crippen molar-refractivity contribution < 1.29 is 14.3 Å². The van der Waals surface area contributed by atoms with Gasteiger partial charge in [0.2, 0.25) is 5.91 Å². The minimum absolute atomic E-state index is 0.0344. The maximum atomic E-state index is 11.9. The predicted octanol–water partition coefficient (Wildman–Crippen LogP) is 2.24. The van der Waals surface area contributed by atoms with E-state index in [-0.39, 0.29) is 11.3 Å². The Hall–Kier alpha value is -2.28. The Morgan fingerprint density at radius 1 is 1.11 bits per heavy atom. The summed E-state index contributed by atoms with van der Waals surface area (Å²) in [6, 6.07) is 6.17. The molecular weight excluding hydrogens is 356 g/mol. The summed E-state index contributed by atoms with van der Waals surface area (Å²) in [6.07, 6.45) is 0.848. The molecule has 0 aliphatic heterocycles. The van der Waals surface area contributed by atoms with Crippen molar-refractivity contribution in [3.63, 3.8) is 0 Å². The molecule has 0 bridgehead atoms. The molecule has 7 nitrogen and oxygen atoms in total. The number of nitrogens with zero attached hydrogens (tertiary/aromatic N) is 1. The van der Waals surface area contributed by atoms with Crippen LogP contribution >= 0.6 is 0 Å². The Kier molecular flexibility index (Phi) is 10.4. The van der Waals surface area contributed by atoms with E-state index in [1.54, 1.807) is 14.2 Å². The Bertz CT molecular complexity index is 639. The standard InChI is InChI=1S/C21H36N4O3/c1-16-8-9-17(18(14-16)28-13-7-12-27-6)15-25-20(22-5)24-11-10-23-19(26)21(2,3)4/h8-9,14H,7,10-13,15H2,1-6H3,(H,23,26)(H2,22,24,25). The average molecular weight is 393 g/mol. The first-order chi connectivity index (χ1) is 13.3. The van der Waals surface area contributed by atoms with Crippen LogP contribution < -0.4 is 20.7 Å². The van der Waals surface area contributed by atoms with Crippen LogP contribution in [0.15, 0.2) is 23.2 Å². The summed E-state index contributed by atoms with van der Waals surface area (Å²) in [5.74, 6) is 1.58. The van der Waals surface area contributed by atoms with Gasteiger partial charge in [-0.05, 0) is 18.6 Å². The van der Waals surface area contributed by atoms with Crippen LogP contribution in [0.25, 0.3) is 0 Å². The number of guanidine groups is 1. The van der Waals surface area contributed by atoms with Crippen LogP contribution in [-0.2, 0) is 16.1 Å². The Morgan fingerprint density at radius 2 is 1.82 bits per heavy atom. The van der Waals surface area contributed by atoms with Gasteiger partial charge in [0.05, 0.1) is 6.61 Å². The summed E-state index contributed by atoms with van der Waals surface area (Å²) in [4.78, 5) is 16.1. The number of carbonyl (C=O) groups excluding carboxylic acids is 1. The minimum Gasteiger partial charge on any atom is -0.493 e. The van der Waals surface area contributed by atoms with Crippen LogP contribution in [0.1, 0.15) is 38.3 Å². The largest absolute Gasteiger partial charge is 0.493 e. The van der Waals surface area contributed by atoms with E-state index in [1.165, 1.54) is 0 Å². The van der Waals surface area contributed by atoms with Crippen LogP contribution in [0.2, 0.25) is 0 Å². The molecule has 1 aromatic carbocycles. The van der Waals surface area contributed by atoms with E-state index in [2.05, 4.69) is 33.1 Å². The molecule has 0 unspecified atom stereocenters. The molecule has 0 aromatic heterocycles. The summed E-state index contributed by atoms with van der Waals surface area (Å²) < 4.78 is 11.0. The molecule has 1 aromatic rings. The zero-order valence-electron chi connectivity index (χ0n) is 18.1. The van der Waals surface area contributed by atoms with E-state index in [1.807, 2.05) is 33.8 Å². The van der Waals surface area contributed by atoms with Crippen molar-refractivity contribution in [1.82, 2.24) is 16.0 Å². The van der Waals surface area contributed by atoms with Gasteiger partial charge in [0.15, 0.2) is 5.96 Å².